The fraction of sp³-hybridized carbons (Fsp3) is 0.154. The van der Waals surface area contributed by atoms with Gasteiger partial charge in [0.15, 0.2) is 0 Å². The number of hydrogen-bond acceptors (Lipinski definition) is 5. The van der Waals surface area contributed by atoms with Crippen molar-refractivity contribution in [2.24, 2.45) is 0 Å². The van der Waals surface area contributed by atoms with Gasteiger partial charge in [-0.05, 0) is 19.1 Å². The van der Waals surface area contributed by atoms with E-state index in [4.69, 9.17) is 27.9 Å². The zero-order valence-electron chi connectivity index (χ0n) is 10.8. The van der Waals surface area contributed by atoms with Crippen LogP contribution < -0.4 is 4.74 Å². The molecule has 0 saturated carbocycles. The van der Waals surface area contributed by atoms with E-state index in [1.54, 1.807) is 12.1 Å². The fourth-order valence-corrected chi connectivity index (χ4v) is 1.96. The Labute approximate surface area is 130 Å². The number of rotatable bonds is 4. The fourth-order valence-electron chi connectivity index (χ4n) is 1.65. The molecule has 0 unspecified atom stereocenters. The maximum absolute atomic E-state index is 11.0. The number of nitro benzene ring substituents is 1. The Morgan fingerprint density at radius 2 is 2.05 bits per heavy atom. The van der Waals surface area contributed by atoms with Crippen molar-refractivity contribution < 1.29 is 14.8 Å². The summed E-state index contributed by atoms with van der Waals surface area (Å²) >= 11 is 11.6. The predicted molar refractivity (Wildman–Crippen MR) is 78.1 cm³/mol. The van der Waals surface area contributed by atoms with Gasteiger partial charge in [-0.3, -0.25) is 10.1 Å². The SMILES string of the molecule is C[C@@H](O)c1cccnc1Oc1cc(Cl)c(Cl)cc1[N+](=O)[O-]. The molecule has 0 amide bonds. The molecule has 8 heteroatoms. The summed E-state index contributed by atoms with van der Waals surface area (Å²) in [5.74, 6) is -0.0380. The molecule has 0 fully saturated rings. The molecule has 0 aliphatic rings. The number of ether oxygens (including phenoxy) is 1. The summed E-state index contributed by atoms with van der Waals surface area (Å²) in [4.78, 5) is 14.4. The van der Waals surface area contributed by atoms with Gasteiger partial charge in [0.2, 0.25) is 11.6 Å². The second-order valence-corrected chi connectivity index (χ2v) is 4.98. The summed E-state index contributed by atoms with van der Waals surface area (Å²) in [6.07, 6.45) is 0.612. The van der Waals surface area contributed by atoms with Crippen molar-refractivity contribution in [1.82, 2.24) is 4.98 Å². The molecule has 1 heterocycles. The highest BCUT2D eigenvalue weighted by Gasteiger charge is 2.21. The molecule has 0 spiro atoms. The largest absolute Gasteiger partial charge is 0.431 e. The minimum atomic E-state index is -0.837. The van der Waals surface area contributed by atoms with Gasteiger partial charge >= 0.3 is 5.69 Å². The second-order valence-electron chi connectivity index (χ2n) is 4.17. The standard InChI is InChI=1S/C13H10Cl2N2O4/c1-7(18)8-3-2-4-16-13(8)21-12-6-10(15)9(14)5-11(12)17(19)20/h2-7,18H,1H3/t7-/m1/s1. The molecular formula is C13H10Cl2N2O4. The molecule has 2 rings (SSSR count). The van der Waals surface area contributed by atoms with E-state index in [0.29, 0.717) is 5.56 Å². The van der Waals surface area contributed by atoms with Crippen molar-refractivity contribution in [2.75, 3.05) is 0 Å². The first-order valence-electron chi connectivity index (χ1n) is 5.84. The first-order chi connectivity index (χ1) is 9.90. The van der Waals surface area contributed by atoms with Crippen molar-refractivity contribution in [3.63, 3.8) is 0 Å². The number of aliphatic hydroxyl groups is 1. The van der Waals surface area contributed by atoms with Crippen LogP contribution in [0.1, 0.15) is 18.6 Å². The number of pyridine rings is 1. The number of nitro groups is 1. The average Bonchev–Trinajstić information content (AvgIpc) is 2.42. The second kappa shape index (κ2) is 6.26. The monoisotopic (exact) mass is 328 g/mol. The molecule has 6 nitrogen and oxygen atoms in total. The maximum Gasteiger partial charge on any atom is 0.313 e. The van der Waals surface area contributed by atoms with E-state index in [2.05, 4.69) is 4.98 Å². The highest BCUT2D eigenvalue weighted by atomic mass is 35.5. The van der Waals surface area contributed by atoms with E-state index in [-0.39, 0.29) is 27.4 Å². The Balaban J connectivity index is 2.49. The molecule has 1 N–H and O–H groups in total. The molecule has 1 aromatic heterocycles. The lowest BCUT2D eigenvalue weighted by Crippen LogP contribution is -2.00. The minimum absolute atomic E-state index is 0.0486. The first kappa shape index (κ1) is 15.5. The van der Waals surface area contributed by atoms with E-state index in [1.165, 1.54) is 19.2 Å². The number of halogens is 2. The van der Waals surface area contributed by atoms with Gasteiger partial charge in [-0.15, -0.1) is 0 Å². The summed E-state index contributed by atoms with van der Waals surface area (Å²) < 4.78 is 5.44. The molecule has 2 aromatic rings. The molecule has 1 aromatic carbocycles. The smallest absolute Gasteiger partial charge is 0.313 e. The van der Waals surface area contributed by atoms with Crippen LogP contribution in [-0.2, 0) is 0 Å². The lowest BCUT2D eigenvalue weighted by Gasteiger charge is -2.12. The van der Waals surface area contributed by atoms with Crippen LogP contribution in [0.15, 0.2) is 30.5 Å². The van der Waals surface area contributed by atoms with Crippen LogP contribution in [0.5, 0.6) is 11.6 Å². The highest BCUT2D eigenvalue weighted by Crippen LogP contribution is 2.38. The summed E-state index contributed by atoms with van der Waals surface area (Å²) in [5.41, 5.74) is 0.0597. The van der Waals surface area contributed by atoms with E-state index < -0.39 is 11.0 Å². The third kappa shape index (κ3) is 3.41. The number of nitrogens with zero attached hydrogens (tertiary/aromatic N) is 2. The summed E-state index contributed by atoms with van der Waals surface area (Å²) in [5, 5.41) is 20.9. The topological polar surface area (TPSA) is 85.5 Å². The van der Waals surface area contributed by atoms with Gasteiger partial charge in [0.05, 0.1) is 21.1 Å². The van der Waals surface area contributed by atoms with Crippen LogP contribution in [0.3, 0.4) is 0 Å². The normalized spacial score (nSPS) is 12.0. The molecule has 1 atom stereocenters. The van der Waals surface area contributed by atoms with Gasteiger partial charge in [0.1, 0.15) is 0 Å². The molecule has 0 aliphatic carbocycles. The number of hydrogen-bond donors (Lipinski definition) is 1. The van der Waals surface area contributed by atoms with Gasteiger partial charge in [-0.1, -0.05) is 23.2 Å². The molecule has 0 saturated heterocycles. The molecule has 21 heavy (non-hydrogen) atoms. The van der Waals surface area contributed by atoms with Gasteiger partial charge in [-0.2, -0.15) is 0 Å². The van der Waals surface area contributed by atoms with Crippen molar-refractivity contribution in [1.29, 1.82) is 0 Å². The van der Waals surface area contributed by atoms with E-state index in [9.17, 15) is 15.2 Å². The summed E-state index contributed by atoms with van der Waals surface area (Å²) in [6.45, 7) is 1.53. The van der Waals surface area contributed by atoms with Crippen molar-refractivity contribution in [2.45, 2.75) is 13.0 Å². The summed E-state index contributed by atoms with van der Waals surface area (Å²) in [7, 11) is 0. The van der Waals surface area contributed by atoms with Crippen LogP contribution in [0.25, 0.3) is 0 Å². The zero-order valence-corrected chi connectivity index (χ0v) is 12.3. The van der Waals surface area contributed by atoms with Gasteiger partial charge < -0.3 is 9.84 Å². The van der Waals surface area contributed by atoms with Crippen molar-refractivity contribution >= 4 is 28.9 Å². The highest BCUT2D eigenvalue weighted by molar-refractivity contribution is 6.42. The van der Waals surface area contributed by atoms with E-state index in [1.807, 2.05) is 0 Å². The quantitative estimate of drug-likeness (QED) is 0.673. The van der Waals surface area contributed by atoms with Crippen LogP contribution in [0, 0.1) is 10.1 Å². The average molecular weight is 329 g/mol. The third-order valence-corrected chi connectivity index (χ3v) is 3.38. The predicted octanol–water partition coefficient (Wildman–Crippen LogP) is 4.14. The lowest BCUT2D eigenvalue weighted by atomic mass is 10.2. The Bertz CT molecular complexity index is 692. The van der Waals surface area contributed by atoms with E-state index >= 15 is 0 Å². The van der Waals surface area contributed by atoms with Crippen LogP contribution in [0.2, 0.25) is 10.0 Å². The Morgan fingerprint density at radius 1 is 1.38 bits per heavy atom. The third-order valence-electron chi connectivity index (χ3n) is 2.66. The maximum atomic E-state index is 11.0. The molecule has 0 bridgehead atoms. The Kier molecular flexibility index (Phi) is 4.62. The molecule has 0 radical (unpaired) electrons. The Morgan fingerprint density at radius 3 is 2.67 bits per heavy atom. The zero-order chi connectivity index (χ0) is 15.6. The van der Waals surface area contributed by atoms with Crippen molar-refractivity contribution in [3.05, 3.63) is 56.2 Å². The number of aliphatic hydroxyl groups excluding tert-OH is 1. The molecular weight excluding hydrogens is 319 g/mol. The Hall–Kier alpha value is -1.89. The van der Waals surface area contributed by atoms with Gasteiger partial charge in [-0.25, -0.2) is 4.98 Å². The lowest BCUT2D eigenvalue weighted by molar-refractivity contribution is -0.385. The van der Waals surface area contributed by atoms with Gasteiger partial charge in [0.25, 0.3) is 0 Å². The molecule has 0 aliphatic heterocycles. The minimum Gasteiger partial charge on any atom is -0.431 e. The molecule has 110 valence electrons. The first-order valence-corrected chi connectivity index (χ1v) is 6.60. The van der Waals surface area contributed by atoms with Crippen LogP contribution in [-0.4, -0.2) is 15.0 Å². The number of aromatic nitrogens is 1. The van der Waals surface area contributed by atoms with E-state index in [0.717, 1.165) is 6.07 Å². The van der Waals surface area contributed by atoms with Crippen LogP contribution >= 0.6 is 23.2 Å². The van der Waals surface area contributed by atoms with Crippen LogP contribution in [0.4, 0.5) is 5.69 Å². The summed E-state index contributed by atoms with van der Waals surface area (Å²) in [6, 6.07) is 5.57. The van der Waals surface area contributed by atoms with Gasteiger partial charge in [0, 0.05) is 23.9 Å². The number of benzene rings is 1. The van der Waals surface area contributed by atoms with Crippen molar-refractivity contribution in [3.8, 4) is 11.6 Å².